The number of methoxy groups -OCH3 is 2. The van der Waals surface area contributed by atoms with Gasteiger partial charge in [0.2, 0.25) is 0 Å². The lowest BCUT2D eigenvalue weighted by molar-refractivity contribution is -0.335. The van der Waals surface area contributed by atoms with Gasteiger partial charge in [0.05, 0.1) is 0 Å². The van der Waals surface area contributed by atoms with Crippen LogP contribution in [-0.2, 0) is 28.5 Å². The summed E-state index contributed by atoms with van der Waals surface area (Å²) in [6, 6.07) is 8.97. The van der Waals surface area contributed by atoms with Crippen molar-refractivity contribution in [1.82, 2.24) is 0 Å². The van der Waals surface area contributed by atoms with Gasteiger partial charge in [-0.1, -0.05) is 18.2 Å². The molecule has 0 radical (unpaired) electrons. The predicted octanol–water partition coefficient (Wildman–Crippen LogP) is 2.33. The number of carbonyl (C=O) groups excluding carboxylic acids is 2. The van der Waals surface area contributed by atoms with E-state index in [9.17, 15) is 9.59 Å². The summed E-state index contributed by atoms with van der Waals surface area (Å²) >= 11 is 0. The molecule has 1 aromatic carbocycles. The number of rotatable bonds is 6. The molecule has 0 aliphatic heterocycles. The van der Waals surface area contributed by atoms with Gasteiger partial charge in [-0.3, -0.25) is 9.59 Å². The molecule has 0 fully saturated rings. The van der Waals surface area contributed by atoms with Gasteiger partial charge in [0.1, 0.15) is 11.5 Å². The highest BCUT2D eigenvalue weighted by Gasteiger charge is 2.59. The van der Waals surface area contributed by atoms with Crippen LogP contribution < -0.4 is 4.74 Å². The van der Waals surface area contributed by atoms with Gasteiger partial charge in [-0.25, -0.2) is 0 Å². The van der Waals surface area contributed by atoms with Crippen LogP contribution in [0.4, 0.5) is 0 Å². The zero-order chi connectivity index (χ0) is 18.5. The van der Waals surface area contributed by atoms with E-state index in [1.54, 1.807) is 18.2 Å². The molecule has 1 aliphatic rings. The van der Waals surface area contributed by atoms with Gasteiger partial charge >= 0.3 is 17.7 Å². The van der Waals surface area contributed by atoms with Crippen molar-refractivity contribution in [2.45, 2.75) is 25.4 Å². The number of carbonyl (C=O) groups is 2. The molecule has 0 saturated carbocycles. The average Bonchev–Trinajstić information content (AvgIpc) is 2.55. The molecule has 0 unspecified atom stereocenters. The molecule has 0 spiro atoms. The van der Waals surface area contributed by atoms with Gasteiger partial charge in [-0.15, -0.1) is 0 Å². The Morgan fingerprint density at radius 2 is 1.44 bits per heavy atom. The number of para-hydroxylation sites is 1. The Morgan fingerprint density at radius 1 is 0.880 bits per heavy atom. The molecule has 0 heterocycles. The molecule has 0 amide bonds. The van der Waals surface area contributed by atoms with Crippen LogP contribution >= 0.6 is 0 Å². The summed E-state index contributed by atoms with van der Waals surface area (Å²) in [6.45, 7) is 2.37. The molecule has 0 atom stereocenters. The standard InChI is InChI=1S/C18H20O7/c1-13(19)24-18(25-14(2)20)12-16(10-11-17(18,21-3)22-4)23-15-8-6-5-7-9-15/h5-12H,1-4H3. The van der Waals surface area contributed by atoms with E-state index < -0.39 is 23.5 Å². The molecule has 0 saturated heterocycles. The Hall–Kier alpha value is -2.64. The third-order valence-corrected chi connectivity index (χ3v) is 3.46. The Labute approximate surface area is 145 Å². The summed E-state index contributed by atoms with van der Waals surface area (Å²) in [5, 5.41) is 0. The molecule has 2 rings (SSSR count). The van der Waals surface area contributed by atoms with Crippen LogP contribution in [-0.4, -0.2) is 37.7 Å². The molecular weight excluding hydrogens is 328 g/mol. The lowest BCUT2D eigenvalue weighted by Crippen LogP contribution is -2.60. The predicted molar refractivity (Wildman–Crippen MR) is 87.3 cm³/mol. The van der Waals surface area contributed by atoms with Crippen molar-refractivity contribution in [2.75, 3.05) is 14.2 Å². The van der Waals surface area contributed by atoms with Crippen LogP contribution in [0.2, 0.25) is 0 Å². The molecule has 7 nitrogen and oxygen atoms in total. The normalized spacial score (nSPS) is 17.4. The van der Waals surface area contributed by atoms with E-state index >= 15 is 0 Å². The first kappa shape index (κ1) is 18.7. The second-order valence-corrected chi connectivity index (χ2v) is 5.23. The van der Waals surface area contributed by atoms with Gasteiger partial charge in [0.15, 0.2) is 0 Å². The number of benzene rings is 1. The highest BCUT2D eigenvalue weighted by Crippen LogP contribution is 2.39. The monoisotopic (exact) mass is 348 g/mol. The van der Waals surface area contributed by atoms with Crippen molar-refractivity contribution < 1.29 is 33.3 Å². The molecule has 134 valence electrons. The van der Waals surface area contributed by atoms with E-state index in [0.717, 1.165) is 0 Å². The lowest BCUT2D eigenvalue weighted by Gasteiger charge is -2.43. The minimum atomic E-state index is -1.98. The molecule has 25 heavy (non-hydrogen) atoms. The lowest BCUT2D eigenvalue weighted by atomic mass is 9.98. The Bertz CT molecular complexity index is 671. The first-order valence-electron chi connectivity index (χ1n) is 7.51. The first-order chi connectivity index (χ1) is 11.9. The minimum absolute atomic E-state index is 0.290. The second-order valence-electron chi connectivity index (χ2n) is 5.23. The topological polar surface area (TPSA) is 80.3 Å². The summed E-state index contributed by atoms with van der Waals surface area (Å²) < 4.78 is 27.1. The van der Waals surface area contributed by atoms with Crippen molar-refractivity contribution in [3.63, 3.8) is 0 Å². The van der Waals surface area contributed by atoms with Gasteiger partial charge < -0.3 is 23.7 Å². The summed E-state index contributed by atoms with van der Waals surface area (Å²) in [5.41, 5.74) is 0. The maximum absolute atomic E-state index is 11.7. The maximum atomic E-state index is 11.7. The van der Waals surface area contributed by atoms with Crippen LogP contribution in [0.1, 0.15) is 13.8 Å². The van der Waals surface area contributed by atoms with E-state index in [1.165, 1.54) is 40.2 Å². The third-order valence-electron chi connectivity index (χ3n) is 3.46. The second kappa shape index (κ2) is 7.50. The van der Waals surface area contributed by atoms with Crippen LogP contribution in [0.3, 0.4) is 0 Å². The number of esters is 2. The number of allylic oxidation sites excluding steroid dienone is 1. The summed E-state index contributed by atoms with van der Waals surface area (Å²) in [7, 11) is 2.68. The first-order valence-corrected chi connectivity index (χ1v) is 7.51. The van der Waals surface area contributed by atoms with Crippen molar-refractivity contribution in [3.05, 3.63) is 54.3 Å². The summed E-state index contributed by atoms with van der Waals surface area (Å²) in [6.07, 6.45) is 4.36. The Morgan fingerprint density at radius 3 is 1.92 bits per heavy atom. The highest BCUT2D eigenvalue weighted by atomic mass is 16.8. The van der Waals surface area contributed by atoms with Gasteiger partial charge in [-0.2, -0.15) is 0 Å². The smallest absolute Gasteiger partial charge is 0.338 e. The quantitative estimate of drug-likeness (QED) is 0.576. The van der Waals surface area contributed by atoms with E-state index in [0.29, 0.717) is 11.5 Å². The Balaban J connectivity index is 2.50. The SMILES string of the molecule is COC1(OC)C=CC(Oc2ccccc2)=CC1(OC(C)=O)OC(C)=O. The minimum Gasteiger partial charge on any atom is -0.457 e. The third kappa shape index (κ3) is 3.89. The summed E-state index contributed by atoms with van der Waals surface area (Å²) in [5.74, 6) is -4.17. The van der Waals surface area contributed by atoms with Crippen LogP contribution in [0.5, 0.6) is 5.75 Å². The Kier molecular flexibility index (Phi) is 5.61. The van der Waals surface area contributed by atoms with Gasteiger partial charge in [-0.05, 0) is 24.3 Å². The van der Waals surface area contributed by atoms with Crippen molar-refractivity contribution >= 4 is 11.9 Å². The van der Waals surface area contributed by atoms with Crippen molar-refractivity contribution in [3.8, 4) is 5.75 Å². The van der Waals surface area contributed by atoms with E-state index in [1.807, 2.05) is 18.2 Å². The highest BCUT2D eigenvalue weighted by molar-refractivity contribution is 5.70. The number of hydrogen-bond donors (Lipinski definition) is 0. The zero-order valence-corrected chi connectivity index (χ0v) is 14.5. The molecule has 0 bridgehead atoms. The van der Waals surface area contributed by atoms with Gasteiger partial charge in [0, 0.05) is 34.1 Å². The summed E-state index contributed by atoms with van der Waals surface area (Å²) in [4.78, 5) is 23.3. The largest absolute Gasteiger partial charge is 0.457 e. The van der Waals surface area contributed by atoms with Crippen LogP contribution in [0.15, 0.2) is 54.3 Å². The fraction of sp³-hybridized carbons (Fsp3) is 0.333. The molecule has 0 aromatic heterocycles. The fourth-order valence-corrected chi connectivity index (χ4v) is 2.49. The molecule has 7 heteroatoms. The fourth-order valence-electron chi connectivity index (χ4n) is 2.49. The van der Waals surface area contributed by atoms with Gasteiger partial charge in [0.25, 0.3) is 5.79 Å². The van der Waals surface area contributed by atoms with E-state index in [-0.39, 0.29) is 0 Å². The molecule has 1 aliphatic carbocycles. The number of ether oxygens (including phenoxy) is 5. The number of hydrogen-bond acceptors (Lipinski definition) is 7. The van der Waals surface area contributed by atoms with E-state index in [4.69, 9.17) is 23.7 Å². The molecular formula is C18H20O7. The average molecular weight is 348 g/mol. The van der Waals surface area contributed by atoms with Crippen molar-refractivity contribution in [2.24, 2.45) is 0 Å². The maximum Gasteiger partial charge on any atom is 0.338 e. The van der Waals surface area contributed by atoms with E-state index in [2.05, 4.69) is 0 Å². The van der Waals surface area contributed by atoms with Crippen LogP contribution in [0, 0.1) is 0 Å². The zero-order valence-electron chi connectivity index (χ0n) is 14.5. The van der Waals surface area contributed by atoms with Crippen LogP contribution in [0.25, 0.3) is 0 Å². The molecule has 1 aromatic rings. The molecule has 0 N–H and O–H groups in total. The van der Waals surface area contributed by atoms with Crippen molar-refractivity contribution in [1.29, 1.82) is 0 Å².